The molecule has 1 fully saturated rings. The number of aromatic nitrogens is 2. The first-order valence-electron chi connectivity index (χ1n) is 19.1. The Kier molecular flexibility index (Phi) is 11.6. The average molecular weight is 834 g/mol. The van der Waals surface area contributed by atoms with E-state index in [0.717, 1.165) is 33.4 Å². The van der Waals surface area contributed by atoms with Gasteiger partial charge in [-0.2, -0.15) is 0 Å². The van der Waals surface area contributed by atoms with E-state index in [1.165, 1.54) is 21.8 Å². The van der Waals surface area contributed by atoms with Crippen molar-refractivity contribution in [1.29, 1.82) is 0 Å². The molecule has 1 aliphatic heterocycles. The van der Waals surface area contributed by atoms with Crippen molar-refractivity contribution in [3.05, 3.63) is 253 Å². The molecule has 1 saturated heterocycles. The predicted molar refractivity (Wildman–Crippen MR) is 228 cm³/mol. The number of aromatic amines is 1. The molecule has 1 aromatic heterocycles. The summed E-state index contributed by atoms with van der Waals surface area (Å²) in [5.41, 5.74) is 1.59. The fourth-order valence-electron chi connectivity index (χ4n) is 8.01. The van der Waals surface area contributed by atoms with E-state index in [2.05, 4.69) is 20.9 Å². The molecule has 0 bridgehead atoms. The van der Waals surface area contributed by atoms with Gasteiger partial charge in [0.25, 0.3) is 5.56 Å². The Bertz CT molecular complexity index is 2360. The van der Waals surface area contributed by atoms with Crippen LogP contribution >= 0.6 is 15.9 Å². The predicted octanol–water partition coefficient (Wildman–Crippen LogP) is 8.55. The molecule has 58 heavy (non-hydrogen) atoms. The quantitative estimate of drug-likeness (QED) is 0.113. The molecule has 8 nitrogen and oxygen atoms in total. The van der Waals surface area contributed by atoms with Crippen LogP contribution in [0.25, 0.3) is 6.08 Å². The molecule has 0 aliphatic carbocycles. The molecule has 0 spiro atoms. The van der Waals surface area contributed by atoms with Crippen molar-refractivity contribution >= 4 is 22.0 Å². The smallest absolute Gasteiger partial charge is 0.330 e. The van der Waals surface area contributed by atoms with Gasteiger partial charge < -0.3 is 19.3 Å². The summed E-state index contributed by atoms with van der Waals surface area (Å²) in [5.74, 6) is 0. The SMILES string of the molecule is O=c1[nH]c(=O)n([C@@H]2O[C@H](COC(c3ccccc3)(c3ccccc3)c3ccccc3)[C@@H](OC(c3ccccc3)(c3ccccc3)c3ccccc3)[C@H]2O)cc1C=CBr. The van der Waals surface area contributed by atoms with Gasteiger partial charge in [-0.15, -0.1) is 0 Å². The second-order valence-electron chi connectivity index (χ2n) is 14.1. The minimum atomic E-state index is -1.42. The van der Waals surface area contributed by atoms with Crippen molar-refractivity contribution in [2.45, 2.75) is 35.7 Å². The molecule has 290 valence electrons. The third-order valence-corrected chi connectivity index (χ3v) is 10.9. The number of H-pyrrole nitrogens is 1. The number of aliphatic hydroxyl groups excluding tert-OH is 1. The molecule has 4 atom stereocenters. The minimum Gasteiger partial charge on any atom is -0.386 e. The average Bonchev–Trinajstić information content (AvgIpc) is 3.59. The van der Waals surface area contributed by atoms with Gasteiger partial charge in [0.2, 0.25) is 0 Å². The standard InChI is InChI=1S/C49H41BrN2O6/c50-32-31-35-33-52(47(55)51-45(35)54)46-43(53)44(58-49(39-25-13-4-14-26-39,40-27-15-5-16-28-40)41-29-17-6-18-30-41)42(57-46)34-56-48(36-19-7-1-8-20-36,37-21-9-2-10-22-37)38-23-11-3-12-24-38/h1-33,42-44,46,53H,34H2,(H,51,54,55)/t42-,43-,44-,46-/m1/s1. The molecule has 0 saturated carbocycles. The number of halogens is 1. The van der Waals surface area contributed by atoms with Crippen LogP contribution in [0.5, 0.6) is 0 Å². The summed E-state index contributed by atoms with van der Waals surface area (Å²) in [5, 5.41) is 12.6. The van der Waals surface area contributed by atoms with Crippen LogP contribution in [0.2, 0.25) is 0 Å². The first-order valence-corrected chi connectivity index (χ1v) is 20.0. The summed E-state index contributed by atoms with van der Waals surface area (Å²) in [4.78, 5) is 30.3. The lowest BCUT2D eigenvalue weighted by Gasteiger charge is -2.41. The van der Waals surface area contributed by atoms with Crippen LogP contribution in [-0.4, -0.2) is 39.6 Å². The topological polar surface area (TPSA) is 103 Å². The van der Waals surface area contributed by atoms with Gasteiger partial charge in [-0.05, 0) is 44.4 Å². The van der Waals surface area contributed by atoms with E-state index in [-0.39, 0.29) is 12.2 Å². The van der Waals surface area contributed by atoms with Crippen LogP contribution in [0.15, 0.2) is 203 Å². The Morgan fingerprint density at radius 3 is 1.38 bits per heavy atom. The third kappa shape index (κ3) is 7.35. The van der Waals surface area contributed by atoms with Gasteiger partial charge in [0.05, 0.1) is 12.2 Å². The van der Waals surface area contributed by atoms with Crippen LogP contribution in [0, 0.1) is 0 Å². The highest BCUT2D eigenvalue weighted by molar-refractivity contribution is 9.11. The molecular formula is C49H41BrN2O6. The van der Waals surface area contributed by atoms with Crippen molar-refractivity contribution in [2.24, 2.45) is 0 Å². The second-order valence-corrected chi connectivity index (χ2v) is 14.6. The van der Waals surface area contributed by atoms with Gasteiger partial charge in [-0.1, -0.05) is 198 Å². The Morgan fingerprint density at radius 1 is 0.621 bits per heavy atom. The lowest BCUT2D eigenvalue weighted by atomic mass is 9.79. The van der Waals surface area contributed by atoms with Crippen molar-refractivity contribution in [3.63, 3.8) is 0 Å². The summed E-state index contributed by atoms with van der Waals surface area (Å²) in [6.45, 7) is -0.0857. The largest absolute Gasteiger partial charge is 0.386 e. The maximum absolute atomic E-state index is 13.6. The van der Waals surface area contributed by atoms with E-state index in [1.807, 2.05) is 182 Å². The van der Waals surface area contributed by atoms with Crippen LogP contribution < -0.4 is 11.2 Å². The minimum absolute atomic E-state index is 0.0857. The fraction of sp³-hybridized carbons (Fsp3) is 0.143. The number of hydrogen-bond acceptors (Lipinski definition) is 6. The molecule has 0 amide bonds. The molecule has 9 heteroatoms. The molecule has 6 aromatic carbocycles. The van der Waals surface area contributed by atoms with Gasteiger partial charge in [0.15, 0.2) is 6.23 Å². The number of nitrogens with one attached hydrogen (secondary N) is 1. The molecule has 7 aromatic rings. The van der Waals surface area contributed by atoms with Crippen molar-refractivity contribution < 1.29 is 19.3 Å². The normalized spacial score (nSPS) is 18.4. The zero-order chi connectivity index (χ0) is 40.0. The molecular weight excluding hydrogens is 792 g/mol. The van der Waals surface area contributed by atoms with Crippen LogP contribution in [0.4, 0.5) is 0 Å². The van der Waals surface area contributed by atoms with Crippen molar-refractivity contribution in [1.82, 2.24) is 9.55 Å². The maximum Gasteiger partial charge on any atom is 0.330 e. The molecule has 0 radical (unpaired) electrons. The lowest BCUT2D eigenvalue weighted by Crippen LogP contribution is -2.47. The van der Waals surface area contributed by atoms with E-state index in [0.29, 0.717) is 0 Å². The summed E-state index contributed by atoms with van der Waals surface area (Å²) < 4.78 is 22.8. The first kappa shape index (κ1) is 38.9. The van der Waals surface area contributed by atoms with Gasteiger partial charge in [0, 0.05) is 6.20 Å². The zero-order valence-electron chi connectivity index (χ0n) is 31.4. The third-order valence-electron chi connectivity index (χ3n) is 10.7. The Balaban J connectivity index is 1.31. The first-order chi connectivity index (χ1) is 28.5. The van der Waals surface area contributed by atoms with E-state index >= 15 is 0 Å². The molecule has 2 N–H and O–H groups in total. The van der Waals surface area contributed by atoms with E-state index in [9.17, 15) is 14.7 Å². The van der Waals surface area contributed by atoms with E-state index < -0.39 is 47.0 Å². The Morgan fingerprint density at radius 2 is 1.00 bits per heavy atom. The number of hydrogen-bond donors (Lipinski definition) is 2. The van der Waals surface area contributed by atoms with E-state index in [4.69, 9.17) is 14.2 Å². The van der Waals surface area contributed by atoms with Crippen molar-refractivity contribution in [3.8, 4) is 0 Å². The van der Waals surface area contributed by atoms with Crippen molar-refractivity contribution in [2.75, 3.05) is 6.61 Å². The number of aliphatic hydroxyl groups is 1. The van der Waals surface area contributed by atoms with E-state index in [1.54, 1.807) is 0 Å². The van der Waals surface area contributed by atoms with Gasteiger partial charge in [-0.25, -0.2) is 4.79 Å². The lowest BCUT2D eigenvalue weighted by molar-refractivity contribution is -0.131. The summed E-state index contributed by atoms with van der Waals surface area (Å²) in [7, 11) is 0. The molecule has 8 rings (SSSR count). The number of benzene rings is 6. The molecule has 1 aliphatic rings. The second kappa shape index (κ2) is 17.3. The summed E-state index contributed by atoms with van der Waals surface area (Å²) in [6.07, 6.45) is -1.85. The number of ether oxygens (including phenoxy) is 3. The van der Waals surface area contributed by atoms with Gasteiger partial charge >= 0.3 is 5.69 Å². The number of nitrogens with zero attached hydrogens (tertiary/aromatic N) is 1. The number of rotatable bonds is 13. The fourth-order valence-corrected chi connectivity index (χ4v) is 8.29. The van der Waals surface area contributed by atoms with Gasteiger partial charge in [-0.3, -0.25) is 14.3 Å². The Hall–Kier alpha value is -5.94. The highest BCUT2D eigenvalue weighted by Gasteiger charge is 2.52. The van der Waals surface area contributed by atoms with Crippen LogP contribution in [-0.2, 0) is 25.4 Å². The van der Waals surface area contributed by atoms with Crippen LogP contribution in [0.1, 0.15) is 45.2 Å². The highest BCUT2D eigenvalue weighted by Crippen LogP contribution is 2.46. The summed E-state index contributed by atoms with van der Waals surface area (Å²) in [6, 6.07) is 59.5. The Labute approximate surface area is 344 Å². The summed E-state index contributed by atoms with van der Waals surface area (Å²) >= 11 is 3.24. The van der Waals surface area contributed by atoms with Crippen LogP contribution in [0.3, 0.4) is 0 Å². The maximum atomic E-state index is 13.6. The molecule has 0 unspecified atom stereocenters. The molecule has 2 heterocycles. The highest BCUT2D eigenvalue weighted by atomic mass is 79.9. The zero-order valence-corrected chi connectivity index (χ0v) is 33.0. The van der Waals surface area contributed by atoms with Gasteiger partial charge in [0.1, 0.15) is 29.5 Å². The monoisotopic (exact) mass is 832 g/mol.